The Labute approximate surface area is 288 Å². The van der Waals surface area contributed by atoms with Gasteiger partial charge < -0.3 is 14.6 Å². The van der Waals surface area contributed by atoms with Gasteiger partial charge in [0.2, 0.25) is 10.0 Å². The Hall–Kier alpha value is -3.87. The molecule has 0 spiro atoms. The van der Waals surface area contributed by atoms with Crippen LogP contribution in [0.2, 0.25) is 0 Å². The first-order chi connectivity index (χ1) is 23.4. The van der Waals surface area contributed by atoms with Crippen LogP contribution in [0.4, 0.5) is 0 Å². The van der Waals surface area contributed by atoms with E-state index in [1.54, 1.807) is 53.4 Å². The number of aliphatic hydroxyl groups is 1. The third-order valence-corrected chi connectivity index (χ3v) is 12.0. The third-order valence-electron chi connectivity index (χ3n) is 8.24. The van der Waals surface area contributed by atoms with Crippen LogP contribution in [-0.4, -0.2) is 30.4 Å². The smallest absolute Gasteiger partial charge is 0.240 e. The minimum atomic E-state index is -3.61. The summed E-state index contributed by atoms with van der Waals surface area (Å²) in [6.45, 7) is 0.182. The van der Waals surface area contributed by atoms with Gasteiger partial charge in [-0.15, -0.1) is 11.3 Å². The highest BCUT2D eigenvalue weighted by Gasteiger charge is 2.32. The van der Waals surface area contributed by atoms with Gasteiger partial charge in [-0.1, -0.05) is 109 Å². The lowest BCUT2D eigenvalue weighted by atomic mass is 9.99. The van der Waals surface area contributed by atoms with E-state index in [0.717, 1.165) is 49.0 Å². The number of hydrogen-bond acceptors (Lipinski definition) is 8. The van der Waals surface area contributed by atoms with Crippen LogP contribution in [-0.2, 0) is 32.6 Å². The molecule has 1 fully saturated rings. The normalized spacial score (nSPS) is 18.2. The van der Waals surface area contributed by atoms with Gasteiger partial charge in [0.05, 0.1) is 33.9 Å². The second-order valence-electron chi connectivity index (χ2n) is 11.6. The van der Waals surface area contributed by atoms with Crippen LogP contribution in [0.25, 0.3) is 21.3 Å². The van der Waals surface area contributed by atoms with Crippen molar-refractivity contribution in [3.63, 3.8) is 0 Å². The molecule has 5 aromatic carbocycles. The quantitative estimate of drug-likeness (QED) is 0.132. The summed E-state index contributed by atoms with van der Waals surface area (Å²) in [5.74, 6) is 0.740. The minimum absolute atomic E-state index is 0.00245. The SMILES string of the molecule is O=S(=O)(NCc1cccc(-c2ccc([C@@H]3O[C@H](CSc4nc5ccccc5s4)C[C@H](c4ccc(CO)cc4)O3)cc2)c1)c1ccccc1. The number of fused-ring (bicyclic) bond motifs is 1. The predicted octanol–water partition coefficient (Wildman–Crippen LogP) is 8.27. The van der Waals surface area contributed by atoms with Gasteiger partial charge in [-0.3, -0.25) is 0 Å². The van der Waals surface area contributed by atoms with Crippen molar-refractivity contribution in [2.45, 2.75) is 47.3 Å². The molecule has 1 aliphatic heterocycles. The largest absolute Gasteiger partial charge is 0.392 e. The Kier molecular flexibility index (Phi) is 10.0. The van der Waals surface area contributed by atoms with E-state index in [4.69, 9.17) is 14.5 Å². The molecule has 6 aromatic rings. The van der Waals surface area contributed by atoms with E-state index in [0.29, 0.717) is 6.42 Å². The molecule has 1 aliphatic rings. The second kappa shape index (κ2) is 14.7. The van der Waals surface area contributed by atoms with Crippen molar-refractivity contribution in [2.24, 2.45) is 0 Å². The van der Waals surface area contributed by atoms with Gasteiger partial charge >= 0.3 is 0 Å². The number of aliphatic hydroxyl groups excluding tert-OH is 1. The highest BCUT2D eigenvalue weighted by Crippen LogP contribution is 2.40. The van der Waals surface area contributed by atoms with Crippen molar-refractivity contribution < 1.29 is 23.0 Å². The fraction of sp³-hybridized carbons (Fsp3) is 0.184. The molecule has 0 saturated carbocycles. The molecule has 0 bridgehead atoms. The van der Waals surface area contributed by atoms with Crippen molar-refractivity contribution in [3.8, 4) is 11.1 Å². The lowest BCUT2D eigenvalue weighted by Gasteiger charge is -2.36. The van der Waals surface area contributed by atoms with Gasteiger partial charge in [-0.05, 0) is 58.1 Å². The number of thioether (sulfide) groups is 1. The maximum atomic E-state index is 12.7. The molecular formula is C38H34N2O5S3. The first-order valence-electron chi connectivity index (χ1n) is 15.7. The summed E-state index contributed by atoms with van der Waals surface area (Å²) < 4.78 is 43.4. The van der Waals surface area contributed by atoms with Gasteiger partial charge in [0.1, 0.15) is 0 Å². The zero-order valence-electron chi connectivity index (χ0n) is 25.9. The van der Waals surface area contributed by atoms with E-state index in [1.165, 1.54) is 4.70 Å². The standard InChI is InChI=1S/C38H34N2O5S3/c41-24-26-13-15-29(16-14-26)35-22-32(25-46-38-40-34-11-4-5-12-36(34)47-38)44-37(45-35)30-19-17-28(18-20-30)31-8-6-7-27(21-31)23-39-48(42,43)33-9-2-1-3-10-33/h1-21,32,35,37,39,41H,22-25H2/t32-,35+,37+/m0/s1. The van der Waals surface area contributed by atoms with Gasteiger partial charge in [0.25, 0.3) is 0 Å². The molecule has 0 amide bonds. The van der Waals surface area contributed by atoms with Crippen LogP contribution in [0.5, 0.6) is 0 Å². The molecule has 2 heterocycles. The van der Waals surface area contributed by atoms with Gasteiger partial charge in [-0.25, -0.2) is 18.1 Å². The number of ether oxygens (including phenoxy) is 2. The molecule has 2 N–H and O–H groups in total. The van der Waals surface area contributed by atoms with E-state index in [9.17, 15) is 13.5 Å². The molecule has 244 valence electrons. The lowest BCUT2D eigenvalue weighted by molar-refractivity contribution is -0.245. The zero-order valence-corrected chi connectivity index (χ0v) is 28.4. The molecule has 7 nitrogen and oxygen atoms in total. The summed E-state index contributed by atoms with van der Waals surface area (Å²) in [5, 5.41) is 9.54. The molecule has 0 aliphatic carbocycles. The maximum Gasteiger partial charge on any atom is 0.240 e. The number of rotatable bonds is 11. The van der Waals surface area contributed by atoms with Gasteiger partial charge in [0.15, 0.2) is 10.6 Å². The average Bonchev–Trinajstić information content (AvgIpc) is 3.57. The highest BCUT2D eigenvalue weighted by atomic mass is 32.2. The van der Waals surface area contributed by atoms with E-state index in [2.05, 4.69) is 10.8 Å². The summed E-state index contributed by atoms with van der Waals surface area (Å²) in [4.78, 5) is 5.03. The first kappa shape index (κ1) is 32.7. The molecule has 7 rings (SSSR count). The van der Waals surface area contributed by atoms with Crippen molar-refractivity contribution in [1.29, 1.82) is 0 Å². The lowest BCUT2D eigenvalue weighted by Crippen LogP contribution is -2.31. The first-order valence-corrected chi connectivity index (χ1v) is 18.9. The Balaban J connectivity index is 1.06. The van der Waals surface area contributed by atoms with Crippen molar-refractivity contribution >= 4 is 43.3 Å². The van der Waals surface area contributed by atoms with Crippen molar-refractivity contribution in [3.05, 3.63) is 150 Å². The Bertz CT molecular complexity index is 2050. The number of nitrogens with zero attached hydrogens (tertiary/aromatic N) is 1. The van der Waals surface area contributed by atoms with E-state index < -0.39 is 16.3 Å². The molecule has 1 saturated heterocycles. The van der Waals surface area contributed by atoms with E-state index in [1.807, 2.05) is 91.0 Å². The number of nitrogens with one attached hydrogen (secondary N) is 1. The van der Waals surface area contributed by atoms with Crippen LogP contribution in [0.15, 0.2) is 137 Å². The van der Waals surface area contributed by atoms with Crippen LogP contribution < -0.4 is 4.72 Å². The van der Waals surface area contributed by atoms with Crippen LogP contribution in [0.3, 0.4) is 0 Å². The Morgan fingerprint density at radius 3 is 2.31 bits per heavy atom. The minimum Gasteiger partial charge on any atom is -0.392 e. The number of sulfonamides is 1. The number of para-hydroxylation sites is 1. The molecule has 48 heavy (non-hydrogen) atoms. The van der Waals surface area contributed by atoms with E-state index >= 15 is 0 Å². The topological polar surface area (TPSA) is 97.8 Å². The Morgan fingerprint density at radius 2 is 1.54 bits per heavy atom. The number of hydrogen-bond donors (Lipinski definition) is 2. The highest BCUT2D eigenvalue weighted by molar-refractivity contribution is 8.01. The summed E-state index contributed by atoms with van der Waals surface area (Å²) >= 11 is 3.40. The van der Waals surface area contributed by atoms with Crippen LogP contribution in [0, 0.1) is 0 Å². The molecular weight excluding hydrogens is 661 g/mol. The average molecular weight is 695 g/mol. The van der Waals surface area contributed by atoms with Crippen LogP contribution >= 0.6 is 23.1 Å². The van der Waals surface area contributed by atoms with Gasteiger partial charge in [-0.2, -0.15) is 0 Å². The molecule has 10 heteroatoms. The molecule has 3 atom stereocenters. The second-order valence-corrected chi connectivity index (χ2v) is 15.6. The summed E-state index contributed by atoms with van der Waals surface area (Å²) in [6.07, 6.45) is -0.103. The van der Waals surface area contributed by atoms with Crippen molar-refractivity contribution in [1.82, 2.24) is 9.71 Å². The predicted molar refractivity (Wildman–Crippen MR) is 191 cm³/mol. The maximum absolute atomic E-state index is 12.7. The molecule has 0 unspecified atom stereocenters. The number of benzene rings is 5. The fourth-order valence-electron chi connectivity index (χ4n) is 5.65. The van der Waals surface area contributed by atoms with E-state index in [-0.39, 0.29) is 30.3 Å². The number of aromatic nitrogens is 1. The third kappa shape index (κ3) is 7.71. The van der Waals surface area contributed by atoms with Crippen molar-refractivity contribution in [2.75, 3.05) is 5.75 Å². The fourth-order valence-corrected chi connectivity index (χ4v) is 8.81. The molecule has 1 aromatic heterocycles. The van der Waals surface area contributed by atoms with Crippen LogP contribution in [0.1, 0.15) is 41.1 Å². The number of thiazole rings is 1. The Morgan fingerprint density at radius 1 is 0.792 bits per heavy atom. The zero-order chi connectivity index (χ0) is 32.9. The van der Waals surface area contributed by atoms with Gasteiger partial charge in [0, 0.05) is 24.3 Å². The monoisotopic (exact) mass is 694 g/mol. The summed E-state index contributed by atoms with van der Waals surface area (Å²) in [7, 11) is -3.61. The summed E-state index contributed by atoms with van der Waals surface area (Å²) in [5.41, 5.74) is 6.68. The summed E-state index contributed by atoms with van der Waals surface area (Å²) in [6, 6.07) is 40.5. The molecule has 0 radical (unpaired) electrons.